The van der Waals surface area contributed by atoms with E-state index in [-0.39, 0.29) is 25.0 Å². The van der Waals surface area contributed by atoms with Crippen LogP contribution in [0, 0.1) is 0 Å². The Hall–Kier alpha value is 0.509. The zero-order valence-corrected chi connectivity index (χ0v) is 29.4. The standard InChI is InChI=1S/C31H52P3.C5H5.Fe/c1-24(34(27-18-10-4-11-19-27)28-20-12-5-13-21-28)31-29(32-25-14-6-2-7-15-25)22-23-30(31)33-26-16-8-3-9-17-26;1-2-4-5-3-1;/h22-28,32-33H,2-21H2,1H3;1-5H;/q-1;-5;. The molecule has 4 heteroatoms. The minimum absolute atomic E-state index is 0. The first-order chi connectivity index (χ1) is 19.3. The third-order valence-corrected chi connectivity index (χ3v) is 17.7. The van der Waals surface area contributed by atoms with E-state index in [1.54, 1.807) is 25.7 Å². The first kappa shape index (κ1) is 33.4. The summed E-state index contributed by atoms with van der Waals surface area (Å²) in [6.07, 6.45) is 30.4. The van der Waals surface area contributed by atoms with Crippen molar-refractivity contribution < 1.29 is 17.1 Å². The van der Waals surface area contributed by atoms with Crippen molar-refractivity contribution in [1.82, 2.24) is 0 Å². The van der Waals surface area contributed by atoms with E-state index in [0.717, 1.165) is 45.5 Å². The van der Waals surface area contributed by atoms with Crippen molar-refractivity contribution >= 4 is 35.7 Å². The fourth-order valence-corrected chi connectivity index (χ4v) is 16.7. The van der Waals surface area contributed by atoms with Crippen LogP contribution in [0.5, 0.6) is 0 Å². The molecule has 3 unspecified atom stereocenters. The predicted molar refractivity (Wildman–Crippen MR) is 183 cm³/mol. The predicted octanol–water partition coefficient (Wildman–Crippen LogP) is 11.3. The van der Waals surface area contributed by atoms with E-state index >= 15 is 0 Å². The summed E-state index contributed by atoms with van der Waals surface area (Å²) in [6.45, 7) is 2.76. The second-order valence-electron chi connectivity index (χ2n) is 13.2. The van der Waals surface area contributed by atoms with Gasteiger partial charge in [0, 0.05) is 17.1 Å². The zero-order chi connectivity index (χ0) is 26.7. The molecule has 0 heterocycles. The SMILES string of the molecule is CC([c-]1c(PC2CCCCC2)ccc1PC1CCCCC1)P(C1CCCCC1)C1CCCCC1.[Fe].[cH-]1[cH-][cH-][cH-][cH-]1. The summed E-state index contributed by atoms with van der Waals surface area (Å²) in [5.41, 5.74) is 6.98. The van der Waals surface area contributed by atoms with Crippen LogP contribution in [-0.2, 0) is 17.1 Å². The average molecular weight is 639 g/mol. The number of hydrogen-bond acceptors (Lipinski definition) is 0. The molecule has 0 aliphatic heterocycles. The molecule has 0 spiro atoms. The quantitative estimate of drug-likeness (QED) is 0.153. The van der Waals surface area contributed by atoms with Crippen LogP contribution in [0.2, 0.25) is 0 Å². The van der Waals surface area contributed by atoms with Gasteiger partial charge in [0.25, 0.3) is 0 Å². The Kier molecular flexibility index (Phi) is 15.3. The van der Waals surface area contributed by atoms with Crippen LogP contribution in [0.15, 0.2) is 42.5 Å². The van der Waals surface area contributed by atoms with Gasteiger partial charge in [-0.2, -0.15) is 0 Å². The van der Waals surface area contributed by atoms with Gasteiger partial charge in [0.1, 0.15) is 0 Å². The molecule has 0 aromatic heterocycles. The maximum absolute atomic E-state index is 2.76. The molecular weight excluding hydrogens is 581 g/mol. The van der Waals surface area contributed by atoms with Crippen molar-refractivity contribution in [2.75, 3.05) is 0 Å². The Bertz CT molecular complexity index is 824. The summed E-state index contributed by atoms with van der Waals surface area (Å²) in [4.78, 5) is 0. The van der Waals surface area contributed by atoms with Crippen LogP contribution in [-0.4, -0.2) is 22.6 Å². The van der Waals surface area contributed by atoms with Crippen LogP contribution in [0.3, 0.4) is 0 Å². The first-order valence-electron chi connectivity index (χ1n) is 17.1. The van der Waals surface area contributed by atoms with Crippen LogP contribution in [0.1, 0.15) is 147 Å². The van der Waals surface area contributed by atoms with Gasteiger partial charge in [-0.05, 0) is 79.7 Å². The molecule has 0 radical (unpaired) electrons. The monoisotopic (exact) mass is 638 g/mol. The average Bonchev–Trinajstić information content (AvgIpc) is 3.70. The second kappa shape index (κ2) is 18.3. The zero-order valence-electron chi connectivity index (χ0n) is 25.4. The molecule has 4 fully saturated rings. The van der Waals surface area contributed by atoms with Gasteiger partial charge in [-0.1, -0.05) is 84.0 Å². The normalized spacial score (nSPS) is 23.4. The smallest absolute Gasteiger partial charge is 0 e. The van der Waals surface area contributed by atoms with E-state index < -0.39 is 0 Å². The molecule has 4 saturated carbocycles. The molecule has 230 valence electrons. The molecule has 0 nitrogen and oxygen atoms in total. The number of hydrogen-bond donors (Lipinski definition) is 0. The fourth-order valence-electron chi connectivity index (χ4n) is 8.29. The molecule has 0 amide bonds. The van der Waals surface area contributed by atoms with E-state index in [9.17, 15) is 0 Å². The summed E-state index contributed by atoms with van der Waals surface area (Å²) in [5, 5.41) is 3.72. The summed E-state index contributed by atoms with van der Waals surface area (Å²) in [6, 6.07) is 15.3. The van der Waals surface area contributed by atoms with E-state index in [4.69, 9.17) is 0 Å². The van der Waals surface area contributed by atoms with Gasteiger partial charge in [0.2, 0.25) is 0 Å². The van der Waals surface area contributed by atoms with Crippen molar-refractivity contribution in [2.45, 2.75) is 164 Å². The maximum Gasteiger partial charge on any atom is 0 e. The van der Waals surface area contributed by atoms with Gasteiger partial charge in [0.05, 0.1) is 0 Å². The molecule has 0 N–H and O–H groups in total. The number of rotatable bonds is 8. The molecule has 0 bridgehead atoms. The Morgan fingerprint density at radius 2 is 0.900 bits per heavy atom. The first-order valence-corrected chi connectivity index (χ1v) is 20.8. The molecule has 0 saturated heterocycles. The molecule has 2 aromatic carbocycles. The van der Waals surface area contributed by atoms with Gasteiger partial charge < -0.3 is 30.3 Å². The molecule has 4 aliphatic carbocycles. The summed E-state index contributed by atoms with van der Waals surface area (Å²) in [7, 11) is 2.33. The van der Waals surface area contributed by atoms with E-state index in [0.29, 0.717) is 0 Å². The van der Waals surface area contributed by atoms with Gasteiger partial charge in [-0.3, -0.25) is 0 Å². The molecule has 4 aliphatic rings. The van der Waals surface area contributed by atoms with Gasteiger partial charge in [-0.25, -0.2) is 12.1 Å². The van der Waals surface area contributed by atoms with Crippen LogP contribution in [0.25, 0.3) is 0 Å². The van der Waals surface area contributed by atoms with E-state index in [2.05, 4.69) is 19.1 Å². The van der Waals surface area contributed by atoms with Gasteiger partial charge >= 0.3 is 0 Å². The molecule has 2 aromatic rings. The van der Waals surface area contributed by atoms with Crippen molar-refractivity contribution in [3.05, 3.63) is 48.0 Å². The molecular formula is C36H57FeP3-6. The minimum atomic E-state index is 0. The largest absolute Gasteiger partial charge is 0.748 e. The van der Waals surface area contributed by atoms with Crippen molar-refractivity contribution in [3.63, 3.8) is 0 Å². The third-order valence-electron chi connectivity index (χ3n) is 10.3. The maximum atomic E-state index is 2.76. The van der Waals surface area contributed by atoms with Crippen LogP contribution in [0.4, 0.5) is 0 Å². The Morgan fingerprint density at radius 3 is 1.25 bits per heavy atom. The minimum Gasteiger partial charge on any atom is -0.748 e. The Morgan fingerprint density at radius 1 is 0.575 bits per heavy atom. The van der Waals surface area contributed by atoms with Crippen LogP contribution >= 0.6 is 25.1 Å². The van der Waals surface area contributed by atoms with E-state index in [1.807, 2.05) is 46.5 Å². The van der Waals surface area contributed by atoms with Gasteiger partial charge in [0.15, 0.2) is 0 Å². The van der Waals surface area contributed by atoms with Crippen molar-refractivity contribution in [1.29, 1.82) is 0 Å². The fraction of sp³-hybridized carbons (Fsp3) is 0.722. The molecule has 3 atom stereocenters. The van der Waals surface area contributed by atoms with Crippen LogP contribution < -0.4 is 10.6 Å². The Balaban J connectivity index is 0.000000557. The van der Waals surface area contributed by atoms with Crippen molar-refractivity contribution in [2.24, 2.45) is 0 Å². The topological polar surface area (TPSA) is 0 Å². The second-order valence-corrected chi connectivity index (χ2v) is 19.6. The molecule has 6 rings (SSSR count). The van der Waals surface area contributed by atoms with Gasteiger partial charge in [-0.15, -0.1) is 41.3 Å². The van der Waals surface area contributed by atoms with Crippen molar-refractivity contribution in [3.8, 4) is 0 Å². The summed E-state index contributed by atoms with van der Waals surface area (Å²) >= 11 is 0. The molecule has 40 heavy (non-hydrogen) atoms. The Labute approximate surface area is 263 Å². The van der Waals surface area contributed by atoms with E-state index in [1.165, 1.54) is 103 Å². The summed E-state index contributed by atoms with van der Waals surface area (Å²) < 4.78 is 0. The third kappa shape index (κ3) is 9.76. The summed E-state index contributed by atoms with van der Waals surface area (Å²) in [5.74, 6) is 0.